The van der Waals surface area contributed by atoms with Gasteiger partial charge in [-0.05, 0) is 43.2 Å². The number of carbonyl (C=O) groups is 4. The molecular formula is C42H47F5N10O11S. The van der Waals surface area contributed by atoms with Crippen molar-refractivity contribution in [2.75, 3.05) is 103 Å². The minimum Gasteiger partial charge on any atom is -0.491 e. The summed E-state index contributed by atoms with van der Waals surface area (Å²) in [4.78, 5) is 63.7. The van der Waals surface area contributed by atoms with E-state index in [1.807, 2.05) is 4.72 Å². The van der Waals surface area contributed by atoms with Crippen molar-refractivity contribution < 1.29 is 73.2 Å². The molecule has 4 aromatic rings. The summed E-state index contributed by atoms with van der Waals surface area (Å²) in [7, 11) is -2.50. The number of amides is 4. The van der Waals surface area contributed by atoms with E-state index in [-0.39, 0.29) is 74.3 Å². The predicted molar refractivity (Wildman–Crippen MR) is 230 cm³/mol. The van der Waals surface area contributed by atoms with Gasteiger partial charge in [0.05, 0.1) is 56.9 Å². The van der Waals surface area contributed by atoms with E-state index in [1.165, 1.54) is 25.3 Å². The Labute approximate surface area is 390 Å². The lowest BCUT2D eigenvalue weighted by Gasteiger charge is -2.36. The molecular weight excluding hydrogens is 948 g/mol. The number of fused-ring (bicyclic) bond motifs is 2. The number of carbonyl (C=O) groups excluding carboxylic acids is 4. The highest BCUT2D eigenvalue weighted by molar-refractivity contribution is 7.92. The minimum absolute atomic E-state index is 0.0254. The number of imide groups is 2. The molecule has 0 bridgehead atoms. The number of hydrogen-bond acceptors (Lipinski definition) is 17. The summed E-state index contributed by atoms with van der Waals surface area (Å²) in [6, 6.07) is 6.40. The van der Waals surface area contributed by atoms with Gasteiger partial charge in [0.1, 0.15) is 29.4 Å². The number of halogens is 5. The average molecular weight is 995 g/mol. The molecule has 0 radical (unpaired) electrons. The third kappa shape index (κ3) is 10.5. The molecule has 0 aliphatic carbocycles. The fourth-order valence-corrected chi connectivity index (χ4v) is 9.84. The molecule has 4 aliphatic heterocycles. The van der Waals surface area contributed by atoms with Crippen molar-refractivity contribution in [2.45, 2.75) is 48.4 Å². The number of benzene rings is 2. The van der Waals surface area contributed by atoms with Crippen molar-refractivity contribution in [1.29, 1.82) is 0 Å². The van der Waals surface area contributed by atoms with Crippen LogP contribution < -0.4 is 29.1 Å². The third-order valence-corrected chi connectivity index (χ3v) is 13.4. The van der Waals surface area contributed by atoms with Crippen LogP contribution in [0.25, 0.3) is 5.65 Å². The fraction of sp³-hybridized carbons (Fsp3) is 0.500. The molecule has 2 aromatic heterocycles. The monoisotopic (exact) mass is 994 g/mol. The normalized spacial score (nSPS) is 20.2. The number of alkyl halides is 5. The van der Waals surface area contributed by atoms with Gasteiger partial charge in [-0.25, -0.2) is 21.9 Å². The molecule has 27 heteroatoms. The van der Waals surface area contributed by atoms with E-state index in [2.05, 4.69) is 30.2 Å². The number of anilines is 2. The molecule has 4 amide bonds. The van der Waals surface area contributed by atoms with Crippen molar-refractivity contribution >= 4 is 50.9 Å². The zero-order valence-electron chi connectivity index (χ0n) is 37.2. The van der Waals surface area contributed by atoms with Crippen LogP contribution in [0, 0.1) is 0 Å². The van der Waals surface area contributed by atoms with Crippen molar-refractivity contribution in [3.05, 3.63) is 59.3 Å². The lowest BCUT2D eigenvalue weighted by molar-refractivity contribution is -0.140. The van der Waals surface area contributed by atoms with Gasteiger partial charge in [-0.15, -0.1) is 5.10 Å². The van der Waals surface area contributed by atoms with Crippen LogP contribution in [0.3, 0.4) is 0 Å². The van der Waals surface area contributed by atoms with Gasteiger partial charge in [0, 0.05) is 64.5 Å². The number of piperazine rings is 1. The maximum Gasteiger partial charge on any atom is 0.417 e. The molecule has 2 aromatic carbocycles. The molecule has 69 heavy (non-hydrogen) atoms. The quantitative estimate of drug-likeness (QED) is 0.0780. The van der Waals surface area contributed by atoms with E-state index in [0.29, 0.717) is 45.2 Å². The predicted octanol–water partition coefficient (Wildman–Crippen LogP) is 2.31. The van der Waals surface area contributed by atoms with Crippen LogP contribution in [0.1, 0.15) is 45.5 Å². The molecule has 2 N–H and O–H groups in total. The molecule has 0 spiro atoms. The second-order valence-corrected chi connectivity index (χ2v) is 18.0. The number of rotatable bonds is 19. The van der Waals surface area contributed by atoms with Gasteiger partial charge in [-0.1, -0.05) is 6.07 Å². The number of aromatic nitrogens is 4. The van der Waals surface area contributed by atoms with Crippen LogP contribution in [0.2, 0.25) is 0 Å². The van der Waals surface area contributed by atoms with Gasteiger partial charge in [0.25, 0.3) is 33.7 Å². The molecule has 4 aliphatic rings. The summed E-state index contributed by atoms with van der Waals surface area (Å²) in [6.45, 7) is 1.95. The fourth-order valence-electron chi connectivity index (χ4n) is 8.54. The van der Waals surface area contributed by atoms with E-state index < -0.39 is 93.2 Å². The van der Waals surface area contributed by atoms with Gasteiger partial charge in [-0.3, -0.25) is 39.2 Å². The lowest BCUT2D eigenvalue weighted by Crippen LogP contribution is -2.54. The minimum atomic E-state index is -5.12. The van der Waals surface area contributed by atoms with Crippen molar-refractivity contribution in [3.63, 3.8) is 0 Å². The smallest absolute Gasteiger partial charge is 0.417 e. The number of nitrogens with one attached hydrogen (secondary N) is 2. The third-order valence-electron chi connectivity index (χ3n) is 11.9. The SMILES string of the molecule is COc1cnc(OC)n2nc(NS(=O)(=O)c3c(OCCOCCN4CC(OCCCN5CCN(c6ccc7c(c6)C(=O)N(C6CCC(=O)NC6=O)C7=O)CC5)C(F)(F)C4)cccc3C(F)(F)F)nc12. The highest BCUT2D eigenvalue weighted by atomic mass is 32.2. The summed E-state index contributed by atoms with van der Waals surface area (Å²) in [5.41, 5.74) is -0.425. The van der Waals surface area contributed by atoms with Crippen molar-refractivity contribution in [2.24, 2.45) is 0 Å². The molecule has 3 saturated heterocycles. The highest BCUT2D eigenvalue weighted by Crippen LogP contribution is 2.40. The summed E-state index contributed by atoms with van der Waals surface area (Å²) >= 11 is 0. The van der Waals surface area contributed by atoms with Crippen LogP contribution >= 0.6 is 0 Å². The Morgan fingerprint density at radius 3 is 2.39 bits per heavy atom. The van der Waals surface area contributed by atoms with Gasteiger partial charge in [0.2, 0.25) is 17.5 Å². The molecule has 3 fully saturated rings. The zero-order chi connectivity index (χ0) is 49.3. The maximum absolute atomic E-state index is 15.0. The standard InChI is InChI=1S/C42H47F5N10O11S/c1-64-31-22-48-40(65-2)57-35(31)50-39(51-57)52-69(62,63)34-28(42(45,46)47)5-3-6-30(34)67-20-19-66-18-16-54-23-32(41(43,44)24-54)68-17-4-11-53-12-14-55(15-13-53)25-7-8-26-27(21-25)38(61)56(37(26)60)29-9-10-33(58)49-36(29)59/h3,5-8,21-22,29,32H,4,9-20,23-24H2,1-2H3,(H,51,52)(H,49,58,59). The Morgan fingerprint density at radius 1 is 0.899 bits per heavy atom. The maximum atomic E-state index is 15.0. The molecule has 0 saturated carbocycles. The summed E-state index contributed by atoms with van der Waals surface area (Å²) in [5, 5.41) is 6.14. The van der Waals surface area contributed by atoms with Crippen LogP contribution in [0.15, 0.2) is 47.5 Å². The molecule has 2 atom stereocenters. The molecule has 372 valence electrons. The Balaban J connectivity index is 0.757. The molecule has 8 rings (SSSR count). The van der Waals surface area contributed by atoms with Gasteiger partial charge in [0.15, 0.2) is 5.75 Å². The van der Waals surface area contributed by atoms with Gasteiger partial charge < -0.3 is 28.6 Å². The summed E-state index contributed by atoms with van der Waals surface area (Å²) in [6.07, 6.45) is -4.66. The topological polar surface area (TPSA) is 229 Å². The second-order valence-electron chi connectivity index (χ2n) is 16.4. The lowest BCUT2D eigenvalue weighted by atomic mass is 10.0. The number of ether oxygens (including phenoxy) is 5. The number of hydrogen-bond donors (Lipinski definition) is 2. The van der Waals surface area contributed by atoms with E-state index in [1.54, 1.807) is 18.2 Å². The van der Waals surface area contributed by atoms with Crippen LogP contribution in [-0.4, -0.2) is 177 Å². The van der Waals surface area contributed by atoms with E-state index in [0.717, 1.165) is 27.2 Å². The van der Waals surface area contributed by atoms with Crippen LogP contribution in [0.4, 0.5) is 33.6 Å². The van der Waals surface area contributed by atoms with Crippen LogP contribution in [-0.2, 0) is 35.3 Å². The Bertz CT molecular complexity index is 2680. The van der Waals surface area contributed by atoms with Crippen LogP contribution in [0.5, 0.6) is 17.5 Å². The molecule has 6 heterocycles. The van der Waals surface area contributed by atoms with Crippen molar-refractivity contribution in [1.82, 2.24) is 39.6 Å². The average Bonchev–Trinajstić information content (AvgIpc) is 3.94. The van der Waals surface area contributed by atoms with E-state index >= 15 is 0 Å². The van der Waals surface area contributed by atoms with E-state index in [9.17, 15) is 49.5 Å². The second kappa shape index (κ2) is 20.0. The number of nitrogens with zero attached hydrogens (tertiary/aromatic N) is 8. The van der Waals surface area contributed by atoms with Gasteiger partial charge in [-0.2, -0.15) is 27.7 Å². The Kier molecular flexibility index (Phi) is 14.2. The first kappa shape index (κ1) is 49.1. The molecule has 21 nitrogen and oxygen atoms in total. The Hall–Kier alpha value is -6.29. The first-order chi connectivity index (χ1) is 32.9. The number of likely N-dealkylation sites (tertiary alicyclic amines) is 1. The van der Waals surface area contributed by atoms with Gasteiger partial charge >= 0.3 is 12.2 Å². The zero-order valence-corrected chi connectivity index (χ0v) is 38.0. The molecule has 2 unspecified atom stereocenters. The summed E-state index contributed by atoms with van der Waals surface area (Å²) < 4.78 is 129. The number of methoxy groups -OCH3 is 2. The summed E-state index contributed by atoms with van der Waals surface area (Å²) in [5.74, 6) is -6.61. The Morgan fingerprint density at radius 2 is 1.67 bits per heavy atom. The first-order valence-electron chi connectivity index (χ1n) is 21.7. The number of piperidine rings is 1. The first-order valence-corrected chi connectivity index (χ1v) is 23.2. The van der Waals surface area contributed by atoms with Crippen molar-refractivity contribution in [3.8, 4) is 17.5 Å². The number of sulfonamides is 1. The highest BCUT2D eigenvalue weighted by Gasteiger charge is 2.49. The largest absolute Gasteiger partial charge is 0.491 e. The van der Waals surface area contributed by atoms with E-state index in [4.69, 9.17) is 23.7 Å².